The Morgan fingerprint density at radius 2 is 2.04 bits per heavy atom. The summed E-state index contributed by atoms with van der Waals surface area (Å²) in [5.74, 6) is 0.882. The van der Waals surface area contributed by atoms with Crippen LogP contribution in [0.2, 0.25) is 5.02 Å². The number of aromatic nitrogens is 1. The third-order valence-corrected chi connectivity index (χ3v) is 6.01. The first kappa shape index (κ1) is 17.3. The molecule has 0 fully saturated rings. The molecule has 0 aliphatic carbocycles. The normalized spacial score (nSPS) is 14.9. The van der Waals surface area contributed by atoms with Crippen LogP contribution in [0, 0.1) is 0 Å². The molecule has 0 radical (unpaired) electrons. The summed E-state index contributed by atoms with van der Waals surface area (Å²) >= 11 is 8.05. The minimum absolute atomic E-state index is 0.753. The zero-order valence-electron chi connectivity index (χ0n) is 15.0. The van der Waals surface area contributed by atoms with Crippen LogP contribution in [0.15, 0.2) is 58.6 Å². The number of benzene rings is 2. The summed E-state index contributed by atoms with van der Waals surface area (Å²) in [7, 11) is 3.76. The molecule has 0 atom stereocenters. The lowest BCUT2D eigenvalue weighted by Gasteiger charge is -2.18. The summed E-state index contributed by atoms with van der Waals surface area (Å²) in [6.07, 6.45) is 4.34. The maximum absolute atomic E-state index is 6.26. The van der Waals surface area contributed by atoms with Gasteiger partial charge >= 0.3 is 0 Å². The molecule has 0 saturated carbocycles. The van der Waals surface area contributed by atoms with E-state index in [-0.39, 0.29) is 0 Å². The SMILES string of the molecule is CCN1/C(=C/c2cc[n+](C)c3ccc(Cl)cc23)Sc2ccc(OC)cc21. The summed E-state index contributed by atoms with van der Waals surface area (Å²) < 4.78 is 7.51. The third-order valence-electron chi connectivity index (χ3n) is 4.66. The van der Waals surface area contributed by atoms with Gasteiger partial charge in [-0.05, 0) is 42.8 Å². The molecule has 5 heteroatoms. The van der Waals surface area contributed by atoms with Crippen LogP contribution in [0.5, 0.6) is 5.75 Å². The molecule has 0 saturated heterocycles. The van der Waals surface area contributed by atoms with Crippen LogP contribution in [-0.2, 0) is 7.05 Å². The molecule has 2 heterocycles. The van der Waals surface area contributed by atoms with E-state index >= 15 is 0 Å². The van der Waals surface area contributed by atoms with E-state index in [0.717, 1.165) is 28.2 Å². The molecule has 132 valence electrons. The molecule has 1 aliphatic rings. The molecule has 0 unspecified atom stereocenters. The van der Waals surface area contributed by atoms with Crippen molar-refractivity contribution in [3.63, 3.8) is 0 Å². The predicted molar refractivity (Wildman–Crippen MR) is 110 cm³/mol. The fraction of sp³-hybridized carbons (Fsp3) is 0.190. The van der Waals surface area contributed by atoms with Crippen molar-refractivity contribution in [3.05, 3.63) is 64.3 Å². The number of nitrogens with zero attached hydrogens (tertiary/aromatic N) is 2. The van der Waals surface area contributed by atoms with Crippen LogP contribution in [-0.4, -0.2) is 13.7 Å². The van der Waals surface area contributed by atoms with Gasteiger partial charge in [-0.15, -0.1) is 0 Å². The fourth-order valence-corrected chi connectivity index (χ4v) is 4.64. The number of thioether (sulfide) groups is 1. The number of rotatable bonds is 3. The van der Waals surface area contributed by atoms with Crippen molar-refractivity contribution in [2.45, 2.75) is 11.8 Å². The average Bonchev–Trinajstić information content (AvgIpc) is 3.00. The summed E-state index contributed by atoms with van der Waals surface area (Å²) in [5, 5.41) is 3.12. The van der Waals surface area contributed by atoms with Gasteiger partial charge in [0.2, 0.25) is 5.52 Å². The van der Waals surface area contributed by atoms with Gasteiger partial charge in [-0.1, -0.05) is 23.4 Å². The van der Waals surface area contributed by atoms with Crippen molar-refractivity contribution in [1.82, 2.24) is 0 Å². The zero-order valence-corrected chi connectivity index (χ0v) is 16.6. The second-order valence-electron chi connectivity index (χ2n) is 6.21. The van der Waals surface area contributed by atoms with Crippen molar-refractivity contribution in [2.24, 2.45) is 7.05 Å². The monoisotopic (exact) mass is 383 g/mol. The highest BCUT2D eigenvalue weighted by Gasteiger charge is 2.25. The number of halogens is 1. The lowest BCUT2D eigenvalue weighted by Crippen LogP contribution is -2.28. The van der Waals surface area contributed by atoms with Crippen molar-refractivity contribution in [2.75, 3.05) is 18.6 Å². The molecule has 3 nitrogen and oxygen atoms in total. The largest absolute Gasteiger partial charge is 0.497 e. The highest BCUT2D eigenvalue weighted by Crippen LogP contribution is 2.48. The Hall–Kier alpha value is -2.17. The van der Waals surface area contributed by atoms with Gasteiger partial charge in [0.25, 0.3) is 0 Å². The highest BCUT2D eigenvalue weighted by atomic mass is 35.5. The first-order chi connectivity index (χ1) is 12.6. The second kappa shape index (κ2) is 6.86. The first-order valence-corrected chi connectivity index (χ1v) is 9.73. The third kappa shape index (κ3) is 2.93. The van der Waals surface area contributed by atoms with Crippen molar-refractivity contribution in [3.8, 4) is 5.75 Å². The van der Waals surface area contributed by atoms with Crippen LogP contribution < -0.4 is 14.2 Å². The standard InChI is InChI=1S/C21H20ClN2OS/c1-4-24-19-13-16(25-3)6-8-20(19)26-21(24)11-14-9-10-23(2)18-7-5-15(22)12-17(14)18/h5-13H,4H2,1-3H3/q+1. The van der Waals surface area contributed by atoms with Crippen LogP contribution >= 0.6 is 23.4 Å². The van der Waals surface area contributed by atoms with Gasteiger partial charge in [0.05, 0.1) is 23.2 Å². The Balaban J connectivity index is 1.83. The predicted octanol–water partition coefficient (Wildman–Crippen LogP) is 5.26. The maximum atomic E-state index is 6.26. The van der Waals surface area contributed by atoms with Crippen molar-refractivity contribution < 1.29 is 9.30 Å². The van der Waals surface area contributed by atoms with Crippen LogP contribution in [0.4, 0.5) is 5.69 Å². The number of fused-ring (bicyclic) bond motifs is 2. The number of hydrogen-bond donors (Lipinski definition) is 0. The number of hydrogen-bond acceptors (Lipinski definition) is 3. The lowest BCUT2D eigenvalue weighted by atomic mass is 10.1. The van der Waals surface area contributed by atoms with Gasteiger partial charge in [-0.25, -0.2) is 4.57 Å². The molecular formula is C21H20ClN2OS+. The molecule has 3 aromatic rings. The van der Waals surface area contributed by atoms with Crippen LogP contribution in [0.3, 0.4) is 0 Å². The number of pyridine rings is 1. The van der Waals surface area contributed by atoms with Crippen molar-refractivity contribution in [1.29, 1.82) is 0 Å². The van der Waals surface area contributed by atoms with Gasteiger partial charge in [0.1, 0.15) is 12.8 Å². The van der Waals surface area contributed by atoms with E-state index in [1.54, 1.807) is 18.9 Å². The minimum Gasteiger partial charge on any atom is -0.497 e. The Morgan fingerprint density at radius 1 is 1.19 bits per heavy atom. The summed E-state index contributed by atoms with van der Waals surface area (Å²) in [4.78, 5) is 3.58. The number of ether oxygens (including phenoxy) is 1. The molecule has 4 rings (SSSR count). The van der Waals surface area contributed by atoms with Gasteiger partial charge in [0.15, 0.2) is 6.20 Å². The van der Waals surface area contributed by atoms with Crippen molar-refractivity contribution >= 4 is 46.0 Å². The Labute approximate surface area is 162 Å². The van der Waals surface area contributed by atoms with Crippen LogP contribution in [0.25, 0.3) is 17.0 Å². The Kier molecular flexibility index (Phi) is 4.55. The van der Waals surface area contributed by atoms with E-state index in [4.69, 9.17) is 16.3 Å². The highest BCUT2D eigenvalue weighted by molar-refractivity contribution is 8.03. The minimum atomic E-state index is 0.753. The van der Waals surface area contributed by atoms with Gasteiger partial charge in [-0.2, -0.15) is 0 Å². The van der Waals surface area contributed by atoms with E-state index in [2.05, 4.69) is 60.0 Å². The van der Waals surface area contributed by atoms with Gasteiger partial charge in [-0.3, -0.25) is 0 Å². The average molecular weight is 384 g/mol. The molecule has 0 bridgehead atoms. The maximum Gasteiger partial charge on any atom is 0.212 e. The Morgan fingerprint density at radius 3 is 2.81 bits per heavy atom. The molecule has 2 aromatic carbocycles. The second-order valence-corrected chi connectivity index (χ2v) is 7.70. The van der Waals surface area contributed by atoms with Crippen LogP contribution in [0.1, 0.15) is 12.5 Å². The van der Waals surface area contributed by atoms with E-state index < -0.39 is 0 Å². The summed E-state index contributed by atoms with van der Waals surface area (Å²) in [6.45, 7) is 3.07. The zero-order chi connectivity index (χ0) is 18.3. The van der Waals surface area contributed by atoms with Gasteiger partial charge < -0.3 is 9.64 Å². The topological polar surface area (TPSA) is 16.4 Å². The molecule has 1 aromatic heterocycles. The Bertz CT molecular complexity index is 1030. The molecule has 0 spiro atoms. The number of aryl methyl sites for hydroxylation is 1. The fourth-order valence-electron chi connectivity index (χ4n) is 3.31. The van der Waals surface area contributed by atoms with E-state index in [0.29, 0.717) is 0 Å². The van der Waals surface area contributed by atoms with E-state index in [9.17, 15) is 0 Å². The van der Waals surface area contributed by atoms with Gasteiger partial charge in [0, 0.05) is 34.7 Å². The smallest absolute Gasteiger partial charge is 0.212 e. The molecule has 26 heavy (non-hydrogen) atoms. The molecule has 0 N–H and O–H groups in total. The quantitative estimate of drug-likeness (QED) is 0.574. The first-order valence-electron chi connectivity index (χ1n) is 8.53. The number of methoxy groups -OCH3 is 1. The summed E-state index contributed by atoms with van der Waals surface area (Å²) in [5.41, 5.74) is 3.53. The van der Waals surface area contributed by atoms with E-state index in [1.165, 1.54) is 21.2 Å². The lowest BCUT2D eigenvalue weighted by molar-refractivity contribution is -0.644. The molecule has 0 amide bonds. The summed E-state index contributed by atoms with van der Waals surface area (Å²) in [6, 6.07) is 14.4. The van der Waals surface area contributed by atoms with E-state index in [1.807, 2.05) is 18.2 Å². The molecular weight excluding hydrogens is 364 g/mol. The molecule has 1 aliphatic heterocycles. The number of anilines is 1.